The molecular weight excluding hydrogens is 513 g/mol. The molecule has 2 N–H and O–H groups in total. The molecule has 30 heavy (non-hydrogen) atoms. The van der Waals surface area contributed by atoms with Crippen molar-refractivity contribution < 1.29 is 4.79 Å². The highest BCUT2D eigenvalue weighted by atomic mass is 127. The molecule has 1 aromatic heterocycles. The molecule has 0 unspecified atom stereocenters. The van der Waals surface area contributed by atoms with Crippen LogP contribution in [0.4, 0.5) is 5.13 Å². The number of hydrogen-bond acceptors (Lipinski definition) is 6. The molecule has 10 heteroatoms. The quantitative estimate of drug-likeness (QED) is 0.241. The predicted octanol–water partition coefficient (Wildman–Crippen LogP) is 2.24. The minimum atomic E-state index is -0.0667. The summed E-state index contributed by atoms with van der Waals surface area (Å²) in [5.74, 6) is 1.75. The predicted molar refractivity (Wildman–Crippen MR) is 133 cm³/mol. The maximum Gasteiger partial charge on any atom is 0.251 e. The van der Waals surface area contributed by atoms with Gasteiger partial charge >= 0.3 is 0 Å². The minimum absolute atomic E-state index is 0. The Balaban J connectivity index is 0.00000320. The Kier molecular flexibility index (Phi) is 10.3. The molecule has 1 fully saturated rings. The lowest BCUT2D eigenvalue weighted by molar-refractivity contribution is 0.0955. The number of nitrogens with zero attached hydrogens (tertiary/aromatic N) is 5. The van der Waals surface area contributed by atoms with Gasteiger partial charge in [0.25, 0.3) is 5.91 Å². The Bertz CT molecular complexity index is 806. The summed E-state index contributed by atoms with van der Waals surface area (Å²) in [6.07, 6.45) is 0.870. The van der Waals surface area contributed by atoms with E-state index in [4.69, 9.17) is 4.99 Å². The summed E-state index contributed by atoms with van der Waals surface area (Å²) in [6.45, 7) is 9.55. The fourth-order valence-electron chi connectivity index (χ4n) is 3.07. The summed E-state index contributed by atoms with van der Waals surface area (Å²) >= 11 is 1.48. The fourth-order valence-corrected chi connectivity index (χ4v) is 3.88. The number of amides is 1. The molecule has 0 bridgehead atoms. The van der Waals surface area contributed by atoms with Crippen molar-refractivity contribution in [2.24, 2.45) is 4.99 Å². The normalized spacial score (nSPS) is 14.3. The number of aliphatic imine (C=N–C) groups is 1. The maximum atomic E-state index is 12.1. The molecule has 1 aliphatic rings. The molecule has 1 aliphatic heterocycles. The van der Waals surface area contributed by atoms with Crippen molar-refractivity contribution >= 4 is 52.5 Å². The minimum Gasteiger partial charge on any atom is -0.357 e. The first-order chi connectivity index (χ1) is 14.2. The number of aryl methyl sites for hydroxylation is 1. The summed E-state index contributed by atoms with van der Waals surface area (Å²) < 4.78 is 4.38. The van der Waals surface area contributed by atoms with Gasteiger partial charge in [0.1, 0.15) is 5.82 Å². The van der Waals surface area contributed by atoms with Crippen LogP contribution in [0.1, 0.15) is 30.0 Å². The Morgan fingerprint density at radius 2 is 1.87 bits per heavy atom. The number of guanidine groups is 1. The van der Waals surface area contributed by atoms with Gasteiger partial charge in [-0.15, -0.1) is 24.0 Å². The van der Waals surface area contributed by atoms with Crippen LogP contribution >= 0.6 is 35.5 Å². The van der Waals surface area contributed by atoms with Crippen LogP contribution in [-0.2, 0) is 6.42 Å². The Labute approximate surface area is 199 Å². The van der Waals surface area contributed by atoms with Gasteiger partial charge in [0, 0.05) is 62.8 Å². The van der Waals surface area contributed by atoms with Gasteiger partial charge in [-0.25, -0.2) is 4.98 Å². The van der Waals surface area contributed by atoms with Crippen molar-refractivity contribution in [3.8, 4) is 0 Å². The van der Waals surface area contributed by atoms with E-state index in [1.54, 1.807) is 0 Å². The van der Waals surface area contributed by atoms with Crippen LogP contribution in [0.2, 0.25) is 0 Å². The van der Waals surface area contributed by atoms with Crippen LogP contribution in [0.25, 0.3) is 0 Å². The molecule has 2 heterocycles. The summed E-state index contributed by atoms with van der Waals surface area (Å²) in [7, 11) is 0. The zero-order chi connectivity index (χ0) is 20.5. The molecule has 164 valence electrons. The van der Waals surface area contributed by atoms with Crippen molar-refractivity contribution in [2.75, 3.05) is 50.7 Å². The molecule has 0 spiro atoms. The van der Waals surface area contributed by atoms with Gasteiger partial charge in [-0.05, 0) is 19.1 Å². The largest absolute Gasteiger partial charge is 0.357 e. The number of carbonyl (C=O) groups is 1. The van der Waals surface area contributed by atoms with Gasteiger partial charge in [0.2, 0.25) is 5.13 Å². The highest BCUT2D eigenvalue weighted by Crippen LogP contribution is 2.19. The second-order valence-electron chi connectivity index (χ2n) is 6.68. The summed E-state index contributed by atoms with van der Waals surface area (Å²) in [6, 6.07) is 9.24. The molecule has 0 atom stereocenters. The van der Waals surface area contributed by atoms with Crippen LogP contribution in [0, 0.1) is 0 Å². The van der Waals surface area contributed by atoms with E-state index in [2.05, 4.69) is 43.6 Å². The third-order valence-corrected chi connectivity index (χ3v) is 5.47. The second kappa shape index (κ2) is 12.7. The summed E-state index contributed by atoms with van der Waals surface area (Å²) in [5, 5.41) is 7.29. The molecular formula is C20H30IN7OS. The zero-order valence-corrected chi connectivity index (χ0v) is 20.7. The third-order valence-electron chi connectivity index (χ3n) is 4.65. The molecule has 1 amide bonds. The molecule has 0 radical (unpaired) electrons. The average molecular weight is 543 g/mol. The second-order valence-corrected chi connectivity index (χ2v) is 7.41. The van der Waals surface area contributed by atoms with E-state index < -0.39 is 0 Å². The number of aromatic nitrogens is 2. The maximum absolute atomic E-state index is 12.1. The van der Waals surface area contributed by atoms with Crippen LogP contribution in [-0.4, -0.2) is 71.9 Å². The van der Waals surface area contributed by atoms with E-state index in [1.807, 2.05) is 30.3 Å². The molecule has 1 aromatic carbocycles. The molecule has 8 nitrogen and oxygen atoms in total. The molecule has 2 aromatic rings. The lowest BCUT2D eigenvalue weighted by Gasteiger charge is -2.36. The van der Waals surface area contributed by atoms with Gasteiger partial charge in [0.15, 0.2) is 5.96 Å². The Morgan fingerprint density at radius 3 is 2.50 bits per heavy atom. The van der Waals surface area contributed by atoms with E-state index in [9.17, 15) is 4.79 Å². The Morgan fingerprint density at radius 1 is 1.13 bits per heavy atom. The van der Waals surface area contributed by atoms with Crippen molar-refractivity contribution in [3.63, 3.8) is 0 Å². The van der Waals surface area contributed by atoms with Crippen LogP contribution < -0.4 is 15.5 Å². The van der Waals surface area contributed by atoms with E-state index in [0.717, 1.165) is 56.1 Å². The van der Waals surface area contributed by atoms with Gasteiger partial charge in [-0.3, -0.25) is 9.79 Å². The molecule has 0 aliphatic carbocycles. The first-order valence-electron chi connectivity index (χ1n) is 10.1. The van der Waals surface area contributed by atoms with Crippen LogP contribution in [0.5, 0.6) is 0 Å². The standard InChI is InChI=1S/C20H29N7OS.HI/c1-3-17-24-20(29-25-17)27-14-12-26(13-15-27)19(21-4-2)23-11-10-22-18(28)16-8-6-5-7-9-16;/h5-9H,3-4,10-15H2,1-2H3,(H,21,23)(H,22,28);1H. The van der Waals surface area contributed by atoms with Gasteiger partial charge < -0.3 is 20.4 Å². The highest BCUT2D eigenvalue weighted by Gasteiger charge is 2.22. The number of rotatable bonds is 7. The zero-order valence-electron chi connectivity index (χ0n) is 17.5. The van der Waals surface area contributed by atoms with Crippen molar-refractivity contribution in [2.45, 2.75) is 20.3 Å². The van der Waals surface area contributed by atoms with E-state index in [1.165, 1.54) is 11.5 Å². The third kappa shape index (κ3) is 6.79. The number of hydrogen-bond donors (Lipinski definition) is 2. The van der Waals surface area contributed by atoms with E-state index in [-0.39, 0.29) is 29.9 Å². The topological polar surface area (TPSA) is 85.8 Å². The number of carbonyl (C=O) groups excluding carboxylic acids is 1. The Hall–Kier alpha value is -1.95. The first-order valence-corrected chi connectivity index (χ1v) is 10.9. The number of piperazine rings is 1. The number of benzene rings is 1. The van der Waals surface area contributed by atoms with E-state index in [0.29, 0.717) is 18.7 Å². The average Bonchev–Trinajstić information content (AvgIpc) is 3.26. The van der Waals surface area contributed by atoms with E-state index >= 15 is 0 Å². The molecule has 1 saturated heterocycles. The monoisotopic (exact) mass is 543 g/mol. The number of halogens is 1. The summed E-state index contributed by atoms with van der Waals surface area (Å²) in [5.41, 5.74) is 0.669. The first kappa shape index (κ1) is 24.3. The van der Waals surface area contributed by atoms with Crippen LogP contribution in [0.3, 0.4) is 0 Å². The van der Waals surface area contributed by atoms with Crippen molar-refractivity contribution in [1.29, 1.82) is 0 Å². The van der Waals surface area contributed by atoms with Crippen molar-refractivity contribution in [3.05, 3.63) is 41.7 Å². The smallest absolute Gasteiger partial charge is 0.251 e. The lowest BCUT2D eigenvalue weighted by Crippen LogP contribution is -2.52. The van der Waals surface area contributed by atoms with Gasteiger partial charge in [-0.2, -0.15) is 4.37 Å². The molecule has 3 rings (SSSR count). The van der Waals surface area contributed by atoms with Gasteiger partial charge in [-0.1, -0.05) is 25.1 Å². The molecule has 0 saturated carbocycles. The van der Waals surface area contributed by atoms with Crippen molar-refractivity contribution in [1.82, 2.24) is 24.9 Å². The SMILES string of the molecule is CCNC(=NCCNC(=O)c1ccccc1)N1CCN(c2nc(CC)ns2)CC1.I. The van der Waals surface area contributed by atoms with Crippen LogP contribution in [0.15, 0.2) is 35.3 Å². The lowest BCUT2D eigenvalue weighted by atomic mass is 10.2. The summed E-state index contributed by atoms with van der Waals surface area (Å²) in [4.78, 5) is 25.9. The van der Waals surface area contributed by atoms with Gasteiger partial charge in [0.05, 0.1) is 6.54 Å². The highest BCUT2D eigenvalue weighted by molar-refractivity contribution is 14.0. The number of nitrogens with one attached hydrogen (secondary N) is 2. The number of anilines is 1. The fraction of sp³-hybridized carbons (Fsp3) is 0.500.